The predicted octanol–water partition coefficient (Wildman–Crippen LogP) is 0.872. The SMILES string of the molecule is CC(C)(C(=O)N[C@H]1Cc2ccccc2[C@@H]1O)N1CCOCC1. The van der Waals surface area contributed by atoms with E-state index in [0.717, 1.165) is 24.2 Å². The van der Waals surface area contributed by atoms with E-state index in [1.165, 1.54) is 0 Å². The Balaban J connectivity index is 1.67. The Kier molecular flexibility index (Phi) is 4.21. The van der Waals surface area contributed by atoms with Crippen molar-refractivity contribution in [2.24, 2.45) is 0 Å². The molecule has 0 unspecified atom stereocenters. The lowest BCUT2D eigenvalue weighted by Gasteiger charge is -2.40. The third-order valence-corrected chi connectivity index (χ3v) is 4.87. The van der Waals surface area contributed by atoms with E-state index in [1.54, 1.807) is 0 Å². The number of nitrogens with one attached hydrogen (secondary N) is 1. The first kappa shape index (κ1) is 15.5. The Morgan fingerprint density at radius 3 is 2.68 bits per heavy atom. The first-order valence-corrected chi connectivity index (χ1v) is 7.90. The second-order valence-electron chi connectivity index (χ2n) is 6.59. The number of morpholine rings is 1. The molecule has 5 nitrogen and oxygen atoms in total. The number of hydrogen-bond donors (Lipinski definition) is 2. The number of fused-ring (bicyclic) bond motifs is 1. The molecule has 1 aliphatic carbocycles. The molecular formula is C17H24N2O3. The summed E-state index contributed by atoms with van der Waals surface area (Å²) in [4.78, 5) is 14.9. The van der Waals surface area contributed by atoms with Crippen LogP contribution in [0.5, 0.6) is 0 Å². The van der Waals surface area contributed by atoms with Crippen molar-refractivity contribution in [1.82, 2.24) is 10.2 Å². The van der Waals surface area contributed by atoms with Gasteiger partial charge in [0.1, 0.15) is 0 Å². The van der Waals surface area contributed by atoms with Crippen LogP contribution in [-0.2, 0) is 16.0 Å². The highest BCUT2D eigenvalue weighted by Gasteiger charge is 2.39. The molecule has 0 radical (unpaired) electrons. The van der Waals surface area contributed by atoms with E-state index in [-0.39, 0.29) is 11.9 Å². The number of carbonyl (C=O) groups is 1. The molecule has 1 fully saturated rings. The molecule has 1 heterocycles. The molecule has 0 aromatic heterocycles. The summed E-state index contributed by atoms with van der Waals surface area (Å²) >= 11 is 0. The van der Waals surface area contributed by atoms with Crippen molar-refractivity contribution >= 4 is 5.91 Å². The van der Waals surface area contributed by atoms with Crippen LogP contribution in [0.1, 0.15) is 31.1 Å². The van der Waals surface area contributed by atoms with E-state index >= 15 is 0 Å². The molecule has 1 aromatic carbocycles. The average Bonchev–Trinajstić information content (AvgIpc) is 2.85. The molecular weight excluding hydrogens is 280 g/mol. The van der Waals surface area contributed by atoms with Gasteiger partial charge in [-0.05, 0) is 31.4 Å². The summed E-state index contributed by atoms with van der Waals surface area (Å²) in [6.45, 7) is 6.70. The quantitative estimate of drug-likeness (QED) is 0.870. The van der Waals surface area contributed by atoms with Crippen molar-refractivity contribution in [3.05, 3.63) is 35.4 Å². The molecule has 120 valence electrons. The number of hydrogen-bond acceptors (Lipinski definition) is 4. The number of aliphatic hydroxyl groups excluding tert-OH is 1. The van der Waals surface area contributed by atoms with Crippen LogP contribution in [0, 0.1) is 0 Å². The van der Waals surface area contributed by atoms with Crippen LogP contribution in [0.25, 0.3) is 0 Å². The van der Waals surface area contributed by atoms with Crippen molar-refractivity contribution in [1.29, 1.82) is 0 Å². The van der Waals surface area contributed by atoms with Crippen LogP contribution in [-0.4, -0.2) is 53.8 Å². The van der Waals surface area contributed by atoms with Crippen LogP contribution in [0.3, 0.4) is 0 Å². The van der Waals surface area contributed by atoms with Gasteiger partial charge in [0, 0.05) is 13.1 Å². The van der Waals surface area contributed by atoms with Gasteiger partial charge in [-0.2, -0.15) is 0 Å². The molecule has 0 bridgehead atoms. The molecule has 2 N–H and O–H groups in total. The second-order valence-corrected chi connectivity index (χ2v) is 6.59. The Morgan fingerprint density at radius 1 is 1.32 bits per heavy atom. The molecule has 1 saturated heterocycles. The fraction of sp³-hybridized carbons (Fsp3) is 0.588. The van der Waals surface area contributed by atoms with Gasteiger partial charge >= 0.3 is 0 Å². The predicted molar refractivity (Wildman–Crippen MR) is 83.5 cm³/mol. The normalized spacial score (nSPS) is 25.8. The van der Waals surface area contributed by atoms with Gasteiger partial charge in [0.2, 0.25) is 5.91 Å². The molecule has 0 spiro atoms. The molecule has 2 aliphatic rings. The number of ether oxygens (including phenoxy) is 1. The fourth-order valence-electron chi connectivity index (χ4n) is 3.31. The van der Waals surface area contributed by atoms with Crippen molar-refractivity contribution in [3.8, 4) is 0 Å². The van der Waals surface area contributed by atoms with E-state index in [1.807, 2.05) is 38.1 Å². The Bertz CT molecular complexity index is 553. The van der Waals surface area contributed by atoms with Crippen LogP contribution in [0.15, 0.2) is 24.3 Å². The minimum Gasteiger partial charge on any atom is -0.386 e. The summed E-state index contributed by atoms with van der Waals surface area (Å²) in [6, 6.07) is 7.58. The van der Waals surface area contributed by atoms with Crippen molar-refractivity contribution in [2.75, 3.05) is 26.3 Å². The largest absolute Gasteiger partial charge is 0.386 e. The van der Waals surface area contributed by atoms with E-state index in [0.29, 0.717) is 19.6 Å². The van der Waals surface area contributed by atoms with Crippen molar-refractivity contribution < 1.29 is 14.6 Å². The third kappa shape index (κ3) is 2.76. The average molecular weight is 304 g/mol. The summed E-state index contributed by atoms with van der Waals surface area (Å²) in [5.41, 5.74) is 1.44. The molecule has 2 atom stereocenters. The van der Waals surface area contributed by atoms with Gasteiger partial charge in [0.25, 0.3) is 0 Å². The standard InChI is InChI=1S/C17H24N2O3/c1-17(2,19-7-9-22-10-8-19)16(21)18-14-11-12-5-3-4-6-13(12)15(14)20/h3-6,14-15,20H,7-11H2,1-2H3,(H,18,21)/t14-,15-/m0/s1. The topological polar surface area (TPSA) is 61.8 Å². The molecule has 5 heteroatoms. The lowest BCUT2D eigenvalue weighted by Crippen LogP contribution is -2.59. The highest BCUT2D eigenvalue weighted by molar-refractivity contribution is 5.85. The lowest BCUT2D eigenvalue weighted by atomic mass is 9.99. The van der Waals surface area contributed by atoms with Gasteiger partial charge in [-0.3, -0.25) is 9.69 Å². The van der Waals surface area contributed by atoms with Gasteiger partial charge < -0.3 is 15.2 Å². The zero-order valence-electron chi connectivity index (χ0n) is 13.2. The molecule has 22 heavy (non-hydrogen) atoms. The minimum atomic E-state index is -0.624. The summed E-state index contributed by atoms with van der Waals surface area (Å²) in [6.07, 6.45) is 0.0584. The lowest BCUT2D eigenvalue weighted by molar-refractivity contribution is -0.136. The number of nitrogens with zero attached hydrogens (tertiary/aromatic N) is 1. The summed E-state index contributed by atoms with van der Waals surface area (Å²) in [5, 5.41) is 13.5. The van der Waals surface area contributed by atoms with Crippen LogP contribution in [0.2, 0.25) is 0 Å². The van der Waals surface area contributed by atoms with E-state index in [4.69, 9.17) is 4.74 Å². The second kappa shape index (κ2) is 5.99. The smallest absolute Gasteiger partial charge is 0.240 e. The molecule has 1 aliphatic heterocycles. The van der Waals surface area contributed by atoms with E-state index < -0.39 is 11.6 Å². The molecule has 1 aromatic rings. The Labute approximate surface area is 131 Å². The molecule has 1 amide bonds. The Hall–Kier alpha value is -1.43. The Morgan fingerprint density at radius 2 is 2.00 bits per heavy atom. The highest BCUT2D eigenvalue weighted by atomic mass is 16.5. The number of benzene rings is 1. The number of carbonyl (C=O) groups excluding carboxylic acids is 1. The van der Waals surface area contributed by atoms with Crippen LogP contribution in [0.4, 0.5) is 0 Å². The zero-order chi connectivity index (χ0) is 15.7. The van der Waals surface area contributed by atoms with Gasteiger partial charge in [-0.1, -0.05) is 24.3 Å². The first-order chi connectivity index (χ1) is 10.5. The number of aliphatic hydroxyl groups is 1. The van der Waals surface area contributed by atoms with E-state index in [2.05, 4.69) is 10.2 Å². The summed E-state index contributed by atoms with van der Waals surface area (Å²) in [7, 11) is 0. The first-order valence-electron chi connectivity index (χ1n) is 7.90. The zero-order valence-corrected chi connectivity index (χ0v) is 13.2. The highest BCUT2D eigenvalue weighted by Crippen LogP contribution is 2.31. The van der Waals surface area contributed by atoms with Gasteiger partial charge in [-0.25, -0.2) is 0 Å². The van der Waals surface area contributed by atoms with Gasteiger partial charge in [0.15, 0.2) is 0 Å². The fourth-order valence-corrected chi connectivity index (χ4v) is 3.31. The minimum absolute atomic E-state index is 0.0359. The monoisotopic (exact) mass is 304 g/mol. The maximum absolute atomic E-state index is 12.7. The number of rotatable bonds is 3. The van der Waals surface area contributed by atoms with Crippen LogP contribution < -0.4 is 5.32 Å². The van der Waals surface area contributed by atoms with Gasteiger partial charge in [0.05, 0.1) is 30.9 Å². The van der Waals surface area contributed by atoms with Crippen molar-refractivity contribution in [3.63, 3.8) is 0 Å². The molecule has 0 saturated carbocycles. The van der Waals surface area contributed by atoms with Gasteiger partial charge in [-0.15, -0.1) is 0 Å². The maximum atomic E-state index is 12.7. The summed E-state index contributed by atoms with van der Waals surface area (Å²) < 4.78 is 5.35. The molecule has 3 rings (SSSR count). The summed E-state index contributed by atoms with van der Waals surface area (Å²) in [5.74, 6) is -0.0359. The third-order valence-electron chi connectivity index (χ3n) is 4.87. The van der Waals surface area contributed by atoms with E-state index in [9.17, 15) is 9.90 Å². The van der Waals surface area contributed by atoms with Crippen molar-refractivity contribution in [2.45, 2.75) is 38.0 Å². The van der Waals surface area contributed by atoms with Crippen LogP contribution >= 0.6 is 0 Å². The maximum Gasteiger partial charge on any atom is 0.240 e. The number of amides is 1.